The van der Waals surface area contributed by atoms with Crippen molar-refractivity contribution in [3.05, 3.63) is 29.8 Å². The van der Waals surface area contributed by atoms with Gasteiger partial charge in [-0.15, -0.1) is 0 Å². The van der Waals surface area contributed by atoms with Gasteiger partial charge in [-0.05, 0) is 42.8 Å². The highest BCUT2D eigenvalue weighted by molar-refractivity contribution is 7.89. The van der Waals surface area contributed by atoms with Gasteiger partial charge in [0.25, 0.3) is 0 Å². The summed E-state index contributed by atoms with van der Waals surface area (Å²) in [5, 5.41) is 8.12. The van der Waals surface area contributed by atoms with E-state index in [1.165, 1.54) is 24.3 Å². The SMILES string of the molecule is NS(=O)(=O)c1ccc(CN(CC(F)(F)F)C(=S)NC2CCCCC2)cc1. The Labute approximate surface area is 156 Å². The maximum Gasteiger partial charge on any atom is 0.406 e. The Kier molecular flexibility index (Phi) is 6.86. The Hall–Kier alpha value is -1.39. The summed E-state index contributed by atoms with van der Waals surface area (Å²) in [6.07, 6.45) is 0.585. The molecule has 1 aliphatic carbocycles. The van der Waals surface area contributed by atoms with E-state index in [0.717, 1.165) is 37.0 Å². The number of rotatable bonds is 5. The molecule has 1 fully saturated rings. The fraction of sp³-hybridized carbons (Fsp3) is 0.562. The Morgan fingerprint density at radius 3 is 2.27 bits per heavy atom. The zero-order valence-corrected chi connectivity index (χ0v) is 15.8. The van der Waals surface area contributed by atoms with Crippen LogP contribution in [0, 0.1) is 0 Å². The lowest BCUT2D eigenvalue weighted by Crippen LogP contribution is -2.48. The molecule has 3 N–H and O–H groups in total. The molecule has 1 aromatic rings. The van der Waals surface area contributed by atoms with Crippen LogP contribution in [-0.4, -0.2) is 37.2 Å². The summed E-state index contributed by atoms with van der Waals surface area (Å²) >= 11 is 5.21. The van der Waals surface area contributed by atoms with Gasteiger partial charge in [0.15, 0.2) is 5.11 Å². The molecule has 0 spiro atoms. The van der Waals surface area contributed by atoms with Gasteiger partial charge in [0.1, 0.15) is 6.54 Å². The normalized spacial score (nSPS) is 16.3. The second kappa shape index (κ2) is 8.53. The number of primary sulfonamides is 1. The first-order valence-corrected chi connectivity index (χ1v) is 10.2. The first-order valence-electron chi connectivity index (χ1n) is 8.28. The van der Waals surface area contributed by atoms with Crippen molar-refractivity contribution in [2.24, 2.45) is 5.14 Å². The molecule has 0 heterocycles. The molecule has 1 aromatic carbocycles. The van der Waals surface area contributed by atoms with Crippen LogP contribution in [0.5, 0.6) is 0 Å². The molecule has 0 bridgehead atoms. The van der Waals surface area contributed by atoms with Crippen LogP contribution >= 0.6 is 12.2 Å². The molecule has 0 atom stereocenters. The highest BCUT2D eigenvalue weighted by atomic mass is 32.2. The predicted octanol–water partition coefficient (Wildman–Crippen LogP) is 2.91. The third kappa shape index (κ3) is 6.73. The first kappa shape index (κ1) is 20.9. The molecule has 0 radical (unpaired) electrons. The molecule has 2 rings (SSSR count). The number of nitrogens with zero attached hydrogens (tertiary/aromatic N) is 1. The molecule has 1 saturated carbocycles. The van der Waals surface area contributed by atoms with Crippen LogP contribution in [0.4, 0.5) is 13.2 Å². The first-order chi connectivity index (χ1) is 12.0. The Bertz CT molecular complexity index is 715. The fourth-order valence-electron chi connectivity index (χ4n) is 2.93. The number of thiocarbonyl (C=S) groups is 1. The fourth-order valence-corrected chi connectivity index (χ4v) is 3.74. The van der Waals surface area contributed by atoms with Crippen molar-refractivity contribution in [1.29, 1.82) is 0 Å². The zero-order chi connectivity index (χ0) is 19.4. The molecule has 0 amide bonds. The number of hydrogen-bond donors (Lipinski definition) is 2. The second-order valence-corrected chi connectivity index (χ2v) is 8.39. The van der Waals surface area contributed by atoms with Crippen molar-refractivity contribution in [1.82, 2.24) is 10.2 Å². The summed E-state index contributed by atoms with van der Waals surface area (Å²) in [6, 6.07) is 5.51. The topological polar surface area (TPSA) is 75.4 Å². The van der Waals surface area contributed by atoms with Crippen molar-refractivity contribution in [2.45, 2.75) is 55.8 Å². The lowest BCUT2D eigenvalue weighted by atomic mass is 9.96. The van der Waals surface area contributed by atoms with Crippen molar-refractivity contribution < 1.29 is 21.6 Å². The lowest BCUT2D eigenvalue weighted by molar-refractivity contribution is -0.138. The Balaban J connectivity index is 2.09. The van der Waals surface area contributed by atoms with E-state index in [2.05, 4.69) is 5.32 Å². The standard InChI is InChI=1S/C16H22F3N3O2S2/c17-16(18,19)11-22(15(25)21-13-4-2-1-3-5-13)10-12-6-8-14(9-7-12)26(20,23)24/h6-9,13H,1-5,10-11H2,(H,21,25)(H2,20,23,24). The van der Waals surface area contributed by atoms with E-state index in [1.54, 1.807) is 0 Å². The molecule has 146 valence electrons. The smallest absolute Gasteiger partial charge is 0.360 e. The van der Waals surface area contributed by atoms with Gasteiger partial charge < -0.3 is 10.2 Å². The lowest BCUT2D eigenvalue weighted by Gasteiger charge is -2.31. The number of nitrogens with one attached hydrogen (secondary N) is 1. The highest BCUT2D eigenvalue weighted by Gasteiger charge is 2.32. The number of benzene rings is 1. The third-order valence-electron chi connectivity index (χ3n) is 4.22. The van der Waals surface area contributed by atoms with Crippen molar-refractivity contribution in [3.8, 4) is 0 Å². The zero-order valence-electron chi connectivity index (χ0n) is 14.1. The van der Waals surface area contributed by atoms with Crippen molar-refractivity contribution in [2.75, 3.05) is 6.54 Å². The van der Waals surface area contributed by atoms with Crippen LogP contribution < -0.4 is 10.5 Å². The van der Waals surface area contributed by atoms with E-state index < -0.39 is 22.7 Å². The van der Waals surface area contributed by atoms with Gasteiger partial charge >= 0.3 is 6.18 Å². The van der Waals surface area contributed by atoms with E-state index in [0.29, 0.717) is 5.56 Å². The van der Waals surface area contributed by atoms with Gasteiger partial charge in [0, 0.05) is 12.6 Å². The van der Waals surface area contributed by atoms with Gasteiger partial charge in [-0.25, -0.2) is 13.6 Å². The molecule has 0 unspecified atom stereocenters. The van der Waals surface area contributed by atoms with Crippen LogP contribution in [0.2, 0.25) is 0 Å². The molecular formula is C16H22F3N3O2S2. The van der Waals surface area contributed by atoms with Gasteiger partial charge in [0.2, 0.25) is 10.0 Å². The number of sulfonamides is 1. The maximum absolute atomic E-state index is 12.9. The van der Waals surface area contributed by atoms with Crippen molar-refractivity contribution in [3.63, 3.8) is 0 Å². The van der Waals surface area contributed by atoms with Crippen LogP contribution in [-0.2, 0) is 16.6 Å². The molecule has 5 nitrogen and oxygen atoms in total. The summed E-state index contributed by atoms with van der Waals surface area (Å²) in [5.41, 5.74) is 0.509. The second-order valence-electron chi connectivity index (χ2n) is 6.44. The molecule has 0 saturated heterocycles. The van der Waals surface area contributed by atoms with E-state index >= 15 is 0 Å². The molecule has 10 heteroatoms. The molecule has 26 heavy (non-hydrogen) atoms. The number of alkyl halides is 3. The van der Waals surface area contributed by atoms with Gasteiger partial charge in [-0.3, -0.25) is 0 Å². The summed E-state index contributed by atoms with van der Waals surface area (Å²) in [7, 11) is -3.84. The average Bonchev–Trinajstić information content (AvgIpc) is 2.53. The van der Waals surface area contributed by atoms with E-state index in [9.17, 15) is 21.6 Å². The third-order valence-corrected chi connectivity index (χ3v) is 5.52. The monoisotopic (exact) mass is 409 g/mol. The van der Waals surface area contributed by atoms with Crippen LogP contribution in [0.3, 0.4) is 0 Å². The summed E-state index contributed by atoms with van der Waals surface area (Å²) in [4.78, 5) is 0.960. The maximum atomic E-state index is 12.9. The molecule has 1 aliphatic rings. The van der Waals surface area contributed by atoms with E-state index in [1.807, 2.05) is 0 Å². The quantitative estimate of drug-likeness (QED) is 0.732. The van der Waals surface area contributed by atoms with Gasteiger partial charge in [0.05, 0.1) is 4.90 Å². The Morgan fingerprint density at radius 2 is 1.77 bits per heavy atom. The Morgan fingerprint density at radius 1 is 1.19 bits per heavy atom. The summed E-state index contributed by atoms with van der Waals surface area (Å²) in [5.74, 6) is 0. The summed E-state index contributed by atoms with van der Waals surface area (Å²) < 4.78 is 61.4. The predicted molar refractivity (Wildman–Crippen MR) is 96.9 cm³/mol. The van der Waals surface area contributed by atoms with Gasteiger partial charge in [-0.2, -0.15) is 13.2 Å². The minimum atomic E-state index is -4.40. The van der Waals surface area contributed by atoms with Crippen LogP contribution in [0.15, 0.2) is 29.2 Å². The number of hydrogen-bond acceptors (Lipinski definition) is 3. The number of nitrogens with two attached hydrogens (primary N) is 1. The molecular weight excluding hydrogens is 387 g/mol. The summed E-state index contributed by atoms with van der Waals surface area (Å²) in [6.45, 7) is -1.26. The van der Waals surface area contributed by atoms with Gasteiger partial charge in [-0.1, -0.05) is 31.4 Å². The van der Waals surface area contributed by atoms with Crippen molar-refractivity contribution >= 4 is 27.4 Å². The molecule has 0 aromatic heterocycles. The number of halogens is 3. The molecule has 0 aliphatic heterocycles. The van der Waals surface area contributed by atoms with Crippen LogP contribution in [0.1, 0.15) is 37.7 Å². The minimum absolute atomic E-state index is 0.0600. The van der Waals surface area contributed by atoms with Crippen LogP contribution in [0.25, 0.3) is 0 Å². The highest BCUT2D eigenvalue weighted by Crippen LogP contribution is 2.21. The minimum Gasteiger partial charge on any atom is -0.360 e. The van der Waals surface area contributed by atoms with E-state index in [4.69, 9.17) is 17.4 Å². The van der Waals surface area contributed by atoms with E-state index in [-0.39, 0.29) is 22.6 Å². The largest absolute Gasteiger partial charge is 0.406 e. The average molecular weight is 409 g/mol.